The summed E-state index contributed by atoms with van der Waals surface area (Å²) in [5, 5.41) is 0. The number of rotatable bonds is 3. The molecule has 0 saturated carbocycles. The first-order valence-corrected chi connectivity index (χ1v) is 4.93. The smallest absolute Gasteiger partial charge is 0.167 e. The van der Waals surface area contributed by atoms with Gasteiger partial charge in [-0.2, -0.15) is 0 Å². The van der Waals surface area contributed by atoms with Crippen molar-refractivity contribution in [3.8, 4) is 5.75 Å². The normalized spacial score (nSPS) is 10.2. The number of hydrogen-bond acceptors (Lipinski definition) is 3. The third kappa shape index (κ3) is 2.69. The Bertz CT molecular complexity index is 517. The zero-order valence-electron chi connectivity index (χ0n) is 8.86. The molecule has 2 rings (SSSR count). The van der Waals surface area contributed by atoms with Crippen molar-refractivity contribution in [3.05, 3.63) is 53.9 Å². The van der Waals surface area contributed by atoms with E-state index in [-0.39, 0.29) is 18.0 Å². The number of nitrogens with two attached hydrogens (primary N) is 1. The van der Waals surface area contributed by atoms with Crippen molar-refractivity contribution < 1.29 is 13.5 Å². The summed E-state index contributed by atoms with van der Waals surface area (Å²) in [4.78, 5) is 3.84. The molecule has 0 fully saturated rings. The fraction of sp³-hybridized carbons (Fsp3) is 0.0833. The molecule has 1 aromatic heterocycles. The van der Waals surface area contributed by atoms with Gasteiger partial charge in [0.1, 0.15) is 12.4 Å². The van der Waals surface area contributed by atoms with Crippen LogP contribution in [0, 0.1) is 11.6 Å². The highest BCUT2D eigenvalue weighted by molar-refractivity contribution is 5.44. The maximum absolute atomic E-state index is 13.3. The zero-order chi connectivity index (χ0) is 12.3. The Morgan fingerprint density at radius 2 is 1.82 bits per heavy atom. The monoisotopic (exact) mass is 236 g/mol. The molecule has 2 aromatic rings. The molecule has 0 aliphatic heterocycles. The highest BCUT2D eigenvalue weighted by Gasteiger charge is 2.08. The van der Waals surface area contributed by atoms with Crippen LogP contribution in [0.1, 0.15) is 5.56 Å². The molecular formula is C12H10F2N2O. The van der Waals surface area contributed by atoms with Crippen molar-refractivity contribution in [2.45, 2.75) is 6.61 Å². The topological polar surface area (TPSA) is 48.1 Å². The van der Waals surface area contributed by atoms with E-state index in [0.29, 0.717) is 0 Å². The van der Waals surface area contributed by atoms with Gasteiger partial charge in [0.2, 0.25) is 0 Å². The lowest BCUT2D eigenvalue weighted by Gasteiger charge is -2.08. The van der Waals surface area contributed by atoms with Gasteiger partial charge in [-0.1, -0.05) is 0 Å². The molecule has 88 valence electrons. The molecule has 0 unspecified atom stereocenters. The fourth-order valence-corrected chi connectivity index (χ4v) is 1.29. The number of nitrogen functional groups attached to an aromatic ring is 1. The van der Waals surface area contributed by atoms with Crippen LogP contribution in [-0.4, -0.2) is 4.98 Å². The average molecular weight is 236 g/mol. The number of aromatic nitrogens is 1. The maximum Gasteiger partial charge on any atom is 0.167 e. The Kier molecular flexibility index (Phi) is 3.18. The van der Waals surface area contributed by atoms with Crippen molar-refractivity contribution in [1.82, 2.24) is 4.98 Å². The second-order valence-corrected chi connectivity index (χ2v) is 3.45. The number of nitrogens with zero attached hydrogens (tertiary/aromatic N) is 1. The number of hydrogen-bond donors (Lipinski definition) is 1. The summed E-state index contributed by atoms with van der Waals surface area (Å²) in [6.07, 6.45) is 3.19. The van der Waals surface area contributed by atoms with Gasteiger partial charge in [0.15, 0.2) is 11.6 Å². The summed E-state index contributed by atoms with van der Waals surface area (Å²) < 4.78 is 31.6. The number of pyridine rings is 1. The van der Waals surface area contributed by atoms with Crippen LogP contribution in [0.3, 0.4) is 0 Å². The van der Waals surface area contributed by atoms with Crippen molar-refractivity contribution in [3.63, 3.8) is 0 Å². The second kappa shape index (κ2) is 4.78. The lowest BCUT2D eigenvalue weighted by molar-refractivity contribution is 0.288. The quantitative estimate of drug-likeness (QED) is 0.833. The minimum absolute atomic E-state index is 0.142. The van der Waals surface area contributed by atoms with Crippen LogP contribution in [0.25, 0.3) is 0 Å². The molecule has 2 N–H and O–H groups in total. The summed E-state index contributed by atoms with van der Waals surface area (Å²) >= 11 is 0. The summed E-state index contributed by atoms with van der Waals surface area (Å²) in [5.74, 6) is -1.54. The van der Waals surface area contributed by atoms with Gasteiger partial charge in [-0.25, -0.2) is 8.78 Å². The molecule has 1 heterocycles. The van der Waals surface area contributed by atoms with Gasteiger partial charge in [0, 0.05) is 24.5 Å². The first-order valence-electron chi connectivity index (χ1n) is 4.93. The van der Waals surface area contributed by atoms with E-state index in [1.165, 1.54) is 0 Å². The Hall–Kier alpha value is -2.17. The minimum atomic E-state index is -0.698. The lowest BCUT2D eigenvalue weighted by atomic mass is 10.2. The van der Waals surface area contributed by atoms with E-state index in [4.69, 9.17) is 10.5 Å². The predicted octanol–water partition coefficient (Wildman–Crippen LogP) is 2.52. The van der Waals surface area contributed by atoms with Crippen molar-refractivity contribution in [2.24, 2.45) is 0 Å². The van der Waals surface area contributed by atoms with Gasteiger partial charge < -0.3 is 10.5 Å². The summed E-state index contributed by atoms with van der Waals surface area (Å²) in [6, 6.07) is 5.29. The maximum atomic E-state index is 13.3. The molecule has 5 heteroatoms. The SMILES string of the molecule is Nc1cc(F)c(OCc2ccncc2)cc1F. The van der Waals surface area contributed by atoms with Crippen molar-refractivity contribution in [1.29, 1.82) is 0 Å². The molecule has 0 aliphatic carbocycles. The molecule has 0 saturated heterocycles. The van der Waals surface area contributed by atoms with E-state index in [9.17, 15) is 8.78 Å². The molecule has 0 aliphatic rings. The molecule has 0 radical (unpaired) electrons. The van der Waals surface area contributed by atoms with Crippen LogP contribution in [0.4, 0.5) is 14.5 Å². The number of benzene rings is 1. The Balaban J connectivity index is 2.12. The van der Waals surface area contributed by atoms with Crippen molar-refractivity contribution in [2.75, 3.05) is 5.73 Å². The second-order valence-electron chi connectivity index (χ2n) is 3.45. The van der Waals surface area contributed by atoms with E-state index in [2.05, 4.69) is 4.98 Å². The van der Waals surface area contributed by atoms with Gasteiger partial charge >= 0.3 is 0 Å². The molecule has 3 nitrogen and oxygen atoms in total. The molecule has 17 heavy (non-hydrogen) atoms. The minimum Gasteiger partial charge on any atom is -0.486 e. The third-order valence-corrected chi connectivity index (χ3v) is 2.19. The van der Waals surface area contributed by atoms with E-state index in [1.807, 2.05) is 0 Å². The summed E-state index contributed by atoms with van der Waals surface area (Å²) in [5.41, 5.74) is 5.80. The largest absolute Gasteiger partial charge is 0.486 e. The third-order valence-electron chi connectivity index (χ3n) is 2.19. The lowest BCUT2D eigenvalue weighted by Crippen LogP contribution is -2.00. The fourth-order valence-electron chi connectivity index (χ4n) is 1.29. The first-order chi connectivity index (χ1) is 8.16. The summed E-state index contributed by atoms with van der Waals surface area (Å²) in [6.45, 7) is 0.142. The van der Waals surface area contributed by atoms with Gasteiger partial charge in [-0.05, 0) is 17.7 Å². The first kappa shape index (κ1) is 11.3. The van der Waals surface area contributed by atoms with Crippen molar-refractivity contribution >= 4 is 5.69 Å². The molecule has 1 aromatic carbocycles. The number of anilines is 1. The standard InChI is InChI=1S/C12H10F2N2O/c13-9-6-12(10(14)5-11(9)15)17-7-8-1-3-16-4-2-8/h1-6H,7,15H2. The number of ether oxygens (including phenoxy) is 1. The van der Waals surface area contributed by atoms with E-state index in [0.717, 1.165) is 17.7 Å². The van der Waals surface area contributed by atoms with Gasteiger partial charge in [-0.15, -0.1) is 0 Å². The predicted molar refractivity (Wildman–Crippen MR) is 59.3 cm³/mol. The Morgan fingerprint density at radius 3 is 2.53 bits per heavy atom. The van der Waals surface area contributed by atoms with Gasteiger partial charge in [0.05, 0.1) is 5.69 Å². The molecule has 0 spiro atoms. The van der Waals surface area contributed by atoms with E-state index < -0.39 is 11.6 Å². The average Bonchev–Trinajstić information content (AvgIpc) is 2.33. The van der Waals surface area contributed by atoms with Crippen LogP contribution in [-0.2, 0) is 6.61 Å². The summed E-state index contributed by atoms with van der Waals surface area (Å²) in [7, 11) is 0. The molecule has 0 atom stereocenters. The van der Waals surface area contributed by atoms with Crippen LogP contribution in [0.15, 0.2) is 36.7 Å². The van der Waals surface area contributed by atoms with Crippen LogP contribution in [0.2, 0.25) is 0 Å². The van der Waals surface area contributed by atoms with Gasteiger partial charge in [0.25, 0.3) is 0 Å². The van der Waals surface area contributed by atoms with E-state index >= 15 is 0 Å². The highest BCUT2D eigenvalue weighted by Crippen LogP contribution is 2.23. The number of halogens is 2. The molecular weight excluding hydrogens is 226 g/mol. The van der Waals surface area contributed by atoms with E-state index in [1.54, 1.807) is 24.5 Å². The van der Waals surface area contributed by atoms with Crippen LogP contribution >= 0.6 is 0 Å². The van der Waals surface area contributed by atoms with Gasteiger partial charge in [-0.3, -0.25) is 4.98 Å². The zero-order valence-corrected chi connectivity index (χ0v) is 8.86. The Morgan fingerprint density at radius 1 is 1.12 bits per heavy atom. The van der Waals surface area contributed by atoms with Crippen LogP contribution < -0.4 is 10.5 Å². The Labute approximate surface area is 96.9 Å². The molecule has 0 amide bonds. The highest BCUT2D eigenvalue weighted by atomic mass is 19.1. The molecule has 0 bridgehead atoms. The van der Waals surface area contributed by atoms with Crippen LogP contribution in [0.5, 0.6) is 5.75 Å².